The minimum absolute atomic E-state index is 0.146. The number of hydrogen-bond donors (Lipinski definition) is 1. The highest BCUT2D eigenvalue weighted by Gasteiger charge is 2.23. The molecule has 0 fully saturated rings. The van der Waals surface area contributed by atoms with Crippen molar-refractivity contribution in [3.63, 3.8) is 0 Å². The van der Waals surface area contributed by atoms with Crippen LogP contribution in [0.1, 0.15) is 4.88 Å². The number of amides is 1. The highest BCUT2D eigenvalue weighted by Crippen LogP contribution is 2.31. The molecule has 0 saturated carbocycles. The van der Waals surface area contributed by atoms with Gasteiger partial charge in [0.25, 0.3) is 0 Å². The van der Waals surface area contributed by atoms with Crippen LogP contribution >= 0.6 is 27.3 Å². The van der Waals surface area contributed by atoms with E-state index in [9.17, 15) is 13.2 Å². The minimum Gasteiger partial charge on any atom is -0.301 e. The number of anilines is 1. The standard InChI is InChI=1S/C19H18BrN3O3S2/c1-13-18(14-8-10-15(20)11-9-14)22-19(27-13)21-17(24)12-23(2)28(25,26)16-6-4-3-5-7-16/h3-11H,12H2,1-2H3,(H,21,22,24). The molecule has 1 amide bonds. The first-order valence-corrected chi connectivity index (χ1v) is 11.4. The molecule has 0 bridgehead atoms. The van der Waals surface area contributed by atoms with Gasteiger partial charge in [0, 0.05) is 22.0 Å². The molecule has 3 rings (SSSR count). The first-order chi connectivity index (χ1) is 13.3. The van der Waals surface area contributed by atoms with Crippen molar-refractivity contribution in [1.82, 2.24) is 9.29 Å². The van der Waals surface area contributed by atoms with E-state index in [0.29, 0.717) is 5.13 Å². The summed E-state index contributed by atoms with van der Waals surface area (Å²) in [7, 11) is -2.35. The number of rotatable bonds is 6. The Morgan fingerprint density at radius 3 is 2.43 bits per heavy atom. The molecule has 0 spiro atoms. The molecule has 0 radical (unpaired) electrons. The average Bonchev–Trinajstić information content (AvgIpc) is 3.02. The van der Waals surface area contributed by atoms with Crippen LogP contribution in [-0.2, 0) is 14.8 Å². The normalized spacial score (nSPS) is 11.6. The molecule has 28 heavy (non-hydrogen) atoms. The summed E-state index contributed by atoms with van der Waals surface area (Å²) in [5.41, 5.74) is 1.74. The third kappa shape index (κ3) is 4.67. The lowest BCUT2D eigenvalue weighted by Gasteiger charge is -2.16. The predicted octanol–water partition coefficient (Wildman–Crippen LogP) is 4.14. The van der Waals surface area contributed by atoms with Crippen LogP contribution in [0.25, 0.3) is 11.3 Å². The Labute approximate surface area is 176 Å². The molecule has 9 heteroatoms. The summed E-state index contributed by atoms with van der Waals surface area (Å²) in [4.78, 5) is 17.9. The number of halogens is 1. The summed E-state index contributed by atoms with van der Waals surface area (Å²) in [6.45, 7) is 1.63. The predicted molar refractivity (Wildman–Crippen MR) is 115 cm³/mol. The number of aromatic nitrogens is 1. The third-order valence-electron chi connectivity index (χ3n) is 3.98. The molecular weight excluding hydrogens is 462 g/mol. The van der Waals surface area contributed by atoms with Crippen molar-refractivity contribution in [2.45, 2.75) is 11.8 Å². The Balaban J connectivity index is 1.70. The van der Waals surface area contributed by atoms with Gasteiger partial charge in [-0.2, -0.15) is 4.31 Å². The molecule has 6 nitrogen and oxygen atoms in total. The van der Waals surface area contributed by atoms with E-state index in [1.807, 2.05) is 31.2 Å². The Hall–Kier alpha value is -2.07. The number of likely N-dealkylation sites (N-methyl/N-ethyl adjacent to an activating group) is 1. The van der Waals surface area contributed by atoms with Gasteiger partial charge in [-0.05, 0) is 31.2 Å². The second kappa shape index (κ2) is 8.52. The first-order valence-electron chi connectivity index (χ1n) is 8.32. The number of carbonyl (C=O) groups excluding carboxylic acids is 1. The number of hydrogen-bond acceptors (Lipinski definition) is 5. The summed E-state index contributed by atoms with van der Waals surface area (Å²) < 4.78 is 27.0. The van der Waals surface area contributed by atoms with E-state index in [2.05, 4.69) is 26.2 Å². The summed E-state index contributed by atoms with van der Waals surface area (Å²) in [5, 5.41) is 3.13. The van der Waals surface area contributed by atoms with Gasteiger partial charge in [-0.25, -0.2) is 13.4 Å². The molecule has 146 valence electrons. The molecular formula is C19H18BrN3O3S2. The number of benzene rings is 2. The second-order valence-electron chi connectivity index (χ2n) is 6.05. The van der Waals surface area contributed by atoms with Crippen molar-refractivity contribution in [3.8, 4) is 11.3 Å². The van der Waals surface area contributed by atoms with Gasteiger partial charge in [0.05, 0.1) is 17.1 Å². The fourth-order valence-electron chi connectivity index (χ4n) is 2.54. The lowest BCUT2D eigenvalue weighted by molar-refractivity contribution is -0.116. The van der Waals surface area contributed by atoms with Crippen LogP contribution in [0.4, 0.5) is 5.13 Å². The lowest BCUT2D eigenvalue weighted by atomic mass is 10.1. The van der Waals surface area contributed by atoms with Crippen LogP contribution < -0.4 is 5.32 Å². The van der Waals surface area contributed by atoms with E-state index in [-0.39, 0.29) is 11.4 Å². The van der Waals surface area contributed by atoms with E-state index >= 15 is 0 Å². The molecule has 1 N–H and O–H groups in total. The van der Waals surface area contributed by atoms with E-state index < -0.39 is 15.9 Å². The lowest BCUT2D eigenvalue weighted by Crippen LogP contribution is -2.34. The van der Waals surface area contributed by atoms with Crippen molar-refractivity contribution in [2.75, 3.05) is 18.9 Å². The van der Waals surface area contributed by atoms with Gasteiger partial charge in [-0.15, -0.1) is 11.3 Å². The number of sulfonamides is 1. The molecule has 0 unspecified atom stereocenters. The van der Waals surface area contributed by atoms with E-state index in [1.54, 1.807) is 18.2 Å². The summed E-state index contributed by atoms with van der Waals surface area (Å²) in [5.74, 6) is -0.446. The molecule has 0 aliphatic carbocycles. The number of thiazole rings is 1. The second-order valence-corrected chi connectivity index (χ2v) is 10.2. The van der Waals surface area contributed by atoms with Gasteiger partial charge >= 0.3 is 0 Å². The maximum Gasteiger partial charge on any atom is 0.243 e. The quantitative estimate of drug-likeness (QED) is 0.575. The molecule has 0 aliphatic heterocycles. The van der Waals surface area contributed by atoms with Gasteiger partial charge in [0.1, 0.15) is 0 Å². The smallest absolute Gasteiger partial charge is 0.243 e. The van der Waals surface area contributed by atoms with Crippen LogP contribution in [0.2, 0.25) is 0 Å². The van der Waals surface area contributed by atoms with Crippen LogP contribution in [-0.4, -0.2) is 37.2 Å². The number of nitrogens with zero attached hydrogens (tertiary/aromatic N) is 2. The largest absolute Gasteiger partial charge is 0.301 e. The molecule has 3 aromatic rings. The number of nitrogens with one attached hydrogen (secondary N) is 1. The Morgan fingerprint density at radius 2 is 1.79 bits per heavy atom. The highest BCUT2D eigenvalue weighted by molar-refractivity contribution is 9.10. The average molecular weight is 480 g/mol. The van der Waals surface area contributed by atoms with Gasteiger partial charge in [0.15, 0.2) is 5.13 Å². The van der Waals surface area contributed by atoms with Gasteiger partial charge in [-0.3, -0.25) is 4.79 Å². The van der Waals surface area contributed by atoms with Gasteiger partial charge in [-0.1, -0.05) is 46.3 Å². The molecule has 1 heterocycles. The zero-order chi connectivity index (χ0) is 20.3. The van der Waals surface area contributed by atoms with Crippen molar-refractivity contribution in [3.05, 3.63) is 63.9 Å². The van der Waals surface area contributed by atoms with Crippen molar-refractivity contribution in [1.29, 1.82) is 0 Å². The van der Waals surface area contributed by atoms with Gasteiger partial charge < -0.3 is 5.32 Å². The SMILES string of the molecule is Cc1sc(NC(=O)CN(C)S(=O)(=O)c2ccccc2)nc1-c1ccc(Br)cc1. The zero-order valence-corrected chi connectivity index (χ0v) is 18.4. The van der Waals surface area contributed by atoms with Crippen LogP contribution in [0.3, 0.4) is 0 Å². The molecule has 0 saturated heterocycles. The number of aryl methyl sites for hydroxylation is 1. The first kappa shape index (κ1) is 20.7. The van der Waals surface area contributed by atoms with E-state index in [0.717, 1.165) is 24.9 Å². The van der Waals surface area contributed by atoms with Crippen molar-refractivity contribution in [2.24, 2.45) is 0 Å². The maximum atomic E-state index is 12.5. The Bertz CT molecular complexity index is 1080. The Kier molecular flexibility index (Phi) is 6.29. The molecule has 0 aliphatic rings. The highest BCUT2D eigenvalue weighted by atomic mass is 79.9. The number of carbonyl (C=O) groups is 1. The van der Waals surface area contributed by atoms with Crippen molar-refractivity contribution >= 4 is 48.3 Å². The summed E-state index contributed by atoms with van der Waals surface area (Å²) >= 11 is 4.75. The zero-order valence-electron chi connectivity index (χ0n) is 15.2. The Morgan fingerprint density at radius 1 is 1.14 bits per heavy atom. The van der Waals surface area contributed by atoms with Crippen LogP contribution in [0.15, 0.2) is 64.0 Å². The summed E-state index contributed by atoms with van der Waals surface area (Å²) in [6.07, 6.45) is 0. The maximum absolute atomic E-state index is 12.5. The summed E-state index contributed by atoms with van der Waals surface area (Å²) in [6, 6.07) is 15.8. The third-order valence-corrected chi connectivity index (χ3v) is 7.21. The van der Waals surface area contributed by atoms with E-state index in [1.165, 1.54) is 30.5 Å². The molecule has 2 aromatic carbocycles. The fraction of sp³-hybridized carbons (Fsp3) is 0.158. The van der Waals surface area contributed by atoms with E-state index in [4.69, 9.17) is 0 Å². The van der Waals surface area contributed by atoms with Crippen LogP contribution in [0, 0.1) is 6.92 Å². The van der Waals surface area contributed by atoms with Crippen LogP contribution in [0.5, 0.6) is 0 Å². The van der Waals surface area contributed by atoms with Gasteiger partial charge in [0.2, 0.25) is 15.9 Å². The minimum atomic E-state index is -3.73. The molecule has 0 atom stereocenters. The topological polar surface area (TPSA) is 79.4 Å². The van der Waals surface area contributed by atoms with Crippen molar-refractivity contribution < 1.29 is 13.2 Å². The monoisotopic (exact) mass is 479 g/mol. The fourth-order valence-corrected chi connectivity index (χ4v) is 4.81. The molecule has 1 aromatic heterocycles.